The SMILES string of the molecule is CCOC(=O)C(C)C1OC(C)O1. The van der Waals surface area contributed by atoms with Crippen LogP contribution in [0.2, 0.25) is 0 Å². The molecule has 0 radical (unpaired) electrons. The molecule has 0 amide bonds. The molecule has 1 rings (SSSR count). The Bertz CT molecular complexity index is 162. The highest BCUT2D eigenvalue weighted by Crippen LogP contribution is 2.23. The second kappa shape index (κ2) is 3.87. The van der Waals surface area contributed by atoms with Gasteiger partial charge < -0.3 is 14.2 Å². The van der Waals surface area contributed by atoms with Crippen molar-refractivity contribution < 1.29 is 19.0 Å². The van der Waals surface area contributed by atoms with Crippen molar-refractivity contribution in [2.45, 2.75) is 33.4 Å². The molecule has 1 unspecified atom stereocenters. The predicted molar refractivity (Wildman–Crippen MR) is 41.2 cm³/mol. The van der Waals surface area contributed by atoms with Crippen LogP contribution < -0.4 is 0 Å². The van der Waals surface area contributed by atoms with Gasteiger partial charge in [-0.25, -0.2) is 0 Å². The molecule has 1 atom stereocenters. The maximum Gasteiger partial charge on any atom is 0.313 e. The summed E-state index contributed by atoms with van der Waals surface area (Å²) in [5.41, 5.74) is 0. The Morgan fingerprint density at radius 3 is 2.58 bits per heavy atom. The molecular weight excluding hydrogens is 160 g/mol. The molecule has 0 aliphatic carbocycles. The number of hydrogen-bond donors (Lipinski definition) is 0. The van der Waals surface area contributed by atoms with Crippen molar-refractivity contribution in [3.8, 4) is 0 Å². The molecule has 12 heavy (non-hydrogen) atoms. The van der Waals surface area contributed by atoms with E-state index < -0.39 is 6.29 Å². The second-order valence-corrected chi connectivity index (χ2v) is 2.75. The van der Waals surface area contributed by atoms with Crippen LogP contribution >= 0.6 is 0 Å². The van der Waals surface area contributed by atoms with Gasteiger partial charge in [-0.3, -0.25) is 4.79 Å². The lowest BCUT2D eigenvalue weighted by molar-refractivity contribution is -0.387. The van der Waals surface area contributed by atoms with Gasteiger partial charge in [0.1, 0.15) is 5.92 Å². The monoisotopic (exact) mass is 174 g/mol. The highest BCUT2D eigenvalue weighted by atomic mass is 16.9. The highest BCUT2D eigenvalue weighted by molar-refractivity contribution is 5.72. The van der Waals surface area contributed by atoms with Crippen molar-refractivity contribution >= 4 is 5.97 Å². The summed E-state index contributed by atoms with van der Waals surface area (Å²) in [5.74, 6) is -0.601. The average Bonchev–Trinajstić information content (AvgIpc) is 1.98. The molecule has 0 aromatic heterocycles. The molecule has 1 aliphatic heterocycles. The molecular formula is C8H14O4. The van der Waals surface area contributed by atoms with Gasteiger partial charge >= 0.3 is 5.97 Å². The lowest BCUT2D eigenvalue weighted by Gasteiger charge is -2.36. The predicted octanol–water partition coefficient (Wildman–Crippen LogP) is 0.904. The minimum absolute atomic E-state index is 0.188. The Kier molecular flexibility index (Phi) is 3.05. The smallest absolute Gasteiger partial charge is 0.313 e. The molecule has 70 valence electrons. The Morgan fingerprint density at radius 2 is 2.17 bits per heavy atom. The van der Waals surface area contributed by atoms with Crippen molar-refractivity contribution in [1.82, 2.24) is 0 Å². The van der Waals surface area contributed by atoms with E-state index in [2.05, 4.69) is 0 Å². The van der Waals surface area contributed by atoms with Gasteiger partial charge in [-0.2, -0.15) is 0 Å². The average molecular weight is 174 g/mol. The normalized spacial score (nSPS) is 30.6. The van der Waals surface area contributed by atoms with Crippen LogP contribution in [0.25, 0.3) is 0 Å². The zero-order valence-corrected chi connectivity index (χ0v) is 7.57. The van der Waals surface area contributed by atoms with E-state index >= 15 is 0 Å². The minimum atomic E-state index is -0.418. The van der Waals surface area contributed by atoms with E-state index in [1.807, 2.05) is 0 Å². The van der Waals surface area contributed by atoms with Crippen LogP contribution in [0.4, 0.5) is 0 Å². The summed E-state index contributed by atoms with van der Waals surface area (Å²) in [4.78, 5) is 11.1. The van der Waals surface area contributed by atoms with Crippen LogP contribution in [0, 0.1) is 5.92 Å². The molecule has 0 aromatic rings. The summed E-state index contributed by atoms with van der Waals surface area (Å²) in [6.45, 7) is 5.68. The van der Waals surface area contributed by atoms with Gasteiger partial charge in [0.2, 0.25) is 0 Å². The van der Waals surface area contributed by atoms with E-state index in [4.69, 9.17) is 14.2 Å². The molecule has 1 heterocycles. The summed E-state index contributed by atoms with van der Waals surface area (Å²) < 4.78 is 15.1. The molecule has 1 fully saturated rings. The molecule has 0 bridgehead atoms. The van der Waals surface area contributed by atoms with Crippen LogP contribution in [-0.4, -0.2) is 25.2 Å². The lowest BCUT2D eigenvalue weighted by Crippen LogP contribution is -2.45. The van der Waals surface area contributed by atoms with E-state index in [0.29, 0.717) is 6.61 Å². The summed E-state index contributed by atoms with van der Waals surface area (Å²) in [5, 5.41) is 0. The summed E-state index contributed by atoms with van der Waals surface area (Å²) >= 11 is 0. The Morgan fingerprint density at radius 1 is 1.58 bits per heavy atom. The van der Waals surface area contributed by atoms with Crippen molar-refractivity contribution in [2.75, 3.05) is 6.61 Å². The Labute approximate surface area is 71.8 Å². The van der Waals surface area contributed by atoms with Gasteiger partial charge in [0.05, 0.1) is 6.61 Å². The standard InChI is InChI=1S/C8H14O4/c1-4-10-7(9)5(2)8-11-6(3)12-8/h5-6,8H,4H2,1-3H3. The van der Waals surface area contributed by atoms with Crippen LogP contribution in [0.5, 0.6) is 0 Å². The Balaban J connectivity index is 2.27. The first-order chi connectivity index (χ1) is 5.65. The fourth-order valence-electron chi connectivity index (χ4n) is 1.01. The molecule has 4 heteroatoms. The van der Waals surface area contributed by atoms with Gasteiger partial charge in [0.15, 0.2) is 12.6 Å². The molecule has 1 saturated heterocycles. The van der Waals surface area contributed by atoms with Crippen LogP contribution in [0.1, 0.15) is 20.8 Å². The van der Waals surface area contributed by atoms with Gasteiger partial charge in [-0.15, -0.1) is 0 Å². The van der Waals surface area contributed by atoms with Gasteiger partial charge in [0, 0.05) is 0 Å². The number of esters is 1. The number of carbonyl (C=O) groups excluding carboxylic acids is 1. The number of carbonyl (C=O) groups is 1. The van der Waals surface area contributed by atoms with E-state index in [9.17, 15) is 4.79 Å². The largest absolute Gasteiger partial charge is 0.466 e. The van der Waals surface area contributed by atoms with Crippen LogP contribution in [-0.2, 0) is 19.0 Å². The first kappa shape index (κ1) is 9.48. The molecule has 1 aliphatic rings. The zero-order valence-electron chi connectivity index (χ0n) is 7.57. The summed E-state index contributed by atoms with van der Waals surface area (Å²) in [7, 11) is 0. The quantitative estimate of drug-likeness (QED) is 0.596. The second-order valence-electron chi connectivity index (χ2n) is 2.75. The fraction of sp³-hybridized carbons (Fsp3) is 0.875. The molecule has 0 N–H and O–H groups in total. The fourth-order valence-corrected chi connectivity index (χ4v) is 1.01. The van der Waals surface area contributed by atoms with E-state index in [0.717, 1.165) is 0 Å². The minimum Gasteiger partial charge on any atom is -0.466 e. The van der Waals surface area contributed by atoms with Gasteiger partial charge in [-0.05, 0) is 20.8 Å². The summed E-state index contributed by atoms with van der Waals surface area (Å²) in [6.07, 6.45) is -0.606. The lowest BCUT2D eigenvalue weighted by atomic mass is 10.1. The maximum atomic E-state index is 11.1. The van der Waals surface area contributed by atoms with Crippen molar-refractivity contribution in [2.24, 2.45) is 5.92 Å². The number of rotatable bonds is 3. The molecule has 0 spiro atoms. The highest BCUT2D eigenvalue weighted by Gasteiger charge is 2.36. The van der Waals surface area contributed by atoms with E-state index in [1.165, 1.54) is 0 Å². The van der Waals surface area contributed by atoms with Crippen LogP contribution in [0.3, 0.4) is 0 Å². The van der Waals surface area contributed by atoms with E-state index in [-0.39, 0.29) is 18.2 Å². The number of hydrogen-bond acceptors (Lipinski definition) is 4. The topological polar surface area (TPSA) is 44.8 Å². The zero-order chi connectivity index (χ0) is 9.14. The number of ether oxygens (including phenoxy) is 3. The first-order valence-corrected chi connectivity index (χ1v) is 4.12. The van der Waals surface area contributed by atoms with Crippen LogP contribution in [0.15, 0.2) is 0 Å². The van der Waals surface area contributed by atoms with Crippen molar-refractivity contribution in [1.29, 1.82) is 0 Å². The van der Waals surface area contributed by atoms with Gasteiger partial charge in [-0.1, -0.05) is 0 Å². The third kappa shape index (κ3) is 1.95. The molecule has 4 nitrogen and oxygen atoms in total. The maximum absolute atomic E-state index is 11.1. The van der Waals surface area contributed by atoms with Crippen molar-refractivity contribution in [3.05, 3.63) is 0 Å². The summed E-state index contributed by atoms with van der Waals surface area (Å²) in [6, 6.07) is 0. The Hall–Kier alpha value is -0.610. The van der Waals surface area contributed by atoms with Crippen molar-refractivity contribution in [3.63, 3.8) is 0 Å². The van der Waals surface area contributed by atoms with Gasteiger partial charge in [0.25, 0.3) is 0 Å². The molecule has 0 aromatic carbocycles. The first-order valence-electron chi connectivity index (χ1n) is 4.12. The van der Waals surface area contributed by atoms with E-state index in [1.54, 1.807) is 20.8 Å². The third-order valence-electron chi connectivity index (χ3n) is 1.72. The molecule has 0 saturated carbocycles. The third-order valence-corrected chi connectivity index (χ3v) is 1.72.